The smallest absolute Gasteiger partial charge is 0.227 e. The first kappa shape index (κ1) is 18.4. The molecular formula is C20H22ClNO4. The second kappa shape index (κ2) is 7.87. The number of fused-ring (bicyclic) bond motifs is 1. The van der Waals surface area contributed by atoms with Crippen LogP contribution in [0, 0.1) is 5.92 Å². The van der Waals surface area contributed by atoms with Gasteiger partial charge in [-0.25, -0.2) is 0 Å². The molecule has 0 bridgehead atoms. The average Bonchev–Trinajstić information content (AvgIpc) is 2.66. The number of ether oxygens (including phenoxy) is 3. The van der Waals surface area contributed by atoms with Gasteiger partial charge in [-0.2, -0.15) is 0 Å². The second-order valence-electron chi connectivity index (χ2n) is 6.30. The van der Waals surface area contributed by atoms with Crippen LogP contribution in [-0.4, -0.2) is 26.7 Å². The van der Waals surface area contributed by atoms with Crippen molar-refractivity contribution in [2.75, 3.05) is 20.8 Å². The van der Waals surface area contributed by atoms with Gasteiger partial charge in [0, 0.05) is 10.6 Å². The predicted molar refractivity (Wildman–Crippen MR) is 100 cm³/mol. The minimum Gasteiger partial charge on any atom is -0.497 e. The molecule has 1 heterocycles. The average molecular weight is 376 g/mol. The molecule has 3 rings (SSSR count). The maximum atomic E-state index is 12.7. The fourth-order valence-corrected chi connectivity index (χ4v) is 3.31. The van der Waals surface area contributed by atoms with Crippen molar-refractivity contribution in [3.05, 3.63) is 52.5 Å². The fourth-order valence-electron chi connectivity index (χ4n) is 3.12. The van der Waals surface area contributed by atoms with Crippen LogP contribution in [-0.2, 0) is 11.2 Å². The van der Waals surface area contributed by atoms with Gasteiger partial charge in [0.15, 0.2) is 0 Å². The first-order valence-corrected chi connectivity index (χ1v) is 8.83. The third-order valence-electron chi connectivity index (χ3n) is 4.56. The molecule has 0 saturated heterocycles. The van der Waals surface area contributed by atoms with E-state index in [2.05, 4.69) is 5.32 Å². The van der Waals surface area contributed by atoms with Crippen LogP contribution in [0.2, 0.25) is 5.02 Å². The molecule has 0 radical (unpaired) electrons. The van der Waals surface area contributed by atoms with Gasteiger partial charge in [-0.15, -0.1) is 0 Å². The molecule has 0 saturated carbocycles. The van der Waals surface area contributed by atoms with Gasteiger partial charge < -0.3 is 19.5 Å². The quantitative estimate of drug-likeness (QED) is 0.863. The summed E-state index contributed by atoms with van der Waals surface area (Å²) in [4.78, 5) is 12.7. The standard InChI is InChI=1S/C20H22ClNO4/c1-12(17-10-16(24-2)5-7-19(17)25-3)22-20(23)14-8-13-9-15(21)4-6-18(13)26-11-14/h4-7,9-10,12,14H,8,11H2,1-3H3,(H,22,23)/t12-,14-/m0/s1. The van der Waals surface area contributed by atoms with Crippen molar-refractivity contribution in [3.8, 4) is 17.2 Å². The maximum absolute atomic E-state index is 12.7. The minimum absolute atomic E-state index is 0.0620. The van der Waals surface area contributed by atoms with E-state index in [1.807, 2.05) is 37.3 Å². The summed E-state index contributed by atoms with van der Waals surface area (Å²) in [6.07, 6.45) is 0.601. The number of methoxy groups -OCH3 is 2. The molecule has 2 atom stereocenters. The van der Waals surface area contributed by atoms with E-state index in [1.54, 1.807) is 20.3 Å². The largest absolute Gasteiger partial charge is 0.497 e. The topological polar surface area (TPSA) is 56.8 Å². The molecule has 6 heteroatoms. The van der Waals surface area contributed by atoms with Gasteiger partial charge in [0.25, 0.3) is 0 Å². The molecule has 26 heavy (non-hydrogen) atoms. The van der Waals surface area contributed by atoms with Gasteiger partial charge in [0.1, 0.15) is 23.9 Å². The molecule has 0 aromatic heterocycles. The highest BCUT2D eigenvalue weighted by molar-refractivity contribution is 6.30. The minimum atomic E-state index is -0.264. The summed E-state index contributed by atoms with van der Waals surface area (Å²) in [6, 6.07) is 10.8. The third-order valence-corrected chi connectivity index (χ3v) is 4.80. The van der Waals surface area contributed by atoms with Crippen LogP contribution in [0.4, 0.5) is 0 Å². The summed E-state index contributed by atoms with van der Waals surface area (Å²) in [7, 11) is 3.21. The highest BCUT2D eigenvalue weighted by Crippen LogP contribution is 2.32. The lowest BCUT2D eigenvalue weighted by Crippen LogP contribution is -2.38. The Bertz CT molecular complexity index is 808. The molecule has 138 valence electrons. The molecule has 0 spiro atoms. The van der Waals surface area contributed by atoms with E-state index in [-0.39, 0.29) is 17.9 Å². The summed E-state index contributed by atoms with van der Waals surface area (Å²) in [5.41, 5.74) is 1.82. The van der Waals surface area contributed by atoms with Crippen LogP contribution in [0.1, 0.15) is 24.1 Å². The predicted octanol–water partition coefficient (Wildman–Crippen LogP) is 3.79. The zero-order valence-corrected chi connectivity index (χ0v) is 15.8. The Morgan fingerprint density at radius 1 is 1.23 bits per heavy atom. The van der Waals surface area contributed by atoms with Gasteiger partial charge >= 0.3 is 0 Å². The normalized spacial score (nSPS) is 16.8. The van der Waals surface area contributed by atoms with Crippen molar-refractivity contribution < 1.29 is 19.0 Å². The van der Waals surface area contributed by atoms with Crippen LogP contribution in [0.15, 0.2) is 36.4 Å². The number of benzene rings is 2. The van der Waals surface area contributed by atoms with E-state index in [0.29, 0.717) is 29.5 Å². The van der Waals surface area contributed by atoms with E-state index in [0.717, 1.165) is 16.9 Å². The lowest BCUT2D eigenvalue weighted by atomic mass is 9.95. The summed E-state index contributed by atoms with van der Waals surface area (Å²) >= 11 is 6.05. The Kier molecular flexibility index (Phi) is 5.57. The van der Waals surface area contributed by atoms with Crippen LogP contribution in [0.5, 0.6) is 17.2 Å². The maximum Gasteiger partial charge on any atom is 0.227 e. The molecule has 0 aliphatic carbocycles. The number of rotatable bonds is 5. The van der Waals surface area contributed by atoms with E-state index >= 15 is 0 Å². The van der Waals surface area contributed by atoms with Crippen molar-refractivity contribution in [3.63, 3.8) is 0 Å². The SMILES string of the molecule is COc1ccc(OC)c([C@H](C)NC(=O)[C@@H]2COc3ccc(Cl)cc3C2)c1. The Morgan fingerprint density at radius 3 is 2.77 bits per heavy atom. The van der Waals surface area contributed by atoms with Gasteiger partial charge in [-0.1, -0.05) is 11.6 Å². The van der Waals surface area contributed by atoms with Gasteiger partial charge in [-0.05, 0) is 55.3 Å². The first-order valence-electron chi connectivity index (χ1n) is 8.45. The molecule has 1 aliphatic heterocycles. The van der Waals surface area contributed by atoms with E-state index < -0.39 is 0 Å². The number of carbonyl (C=O) groups is 1. The third kappa shape index (κ3) is 3.88. The Labute approximate surface area is 158 Å². The summed E-state index contributed by atoms with van der Waals surface area (Å²) in [5.74, 6) is 1.89. The number of hydrogen-bond acceptors (Lipinski definition) is 4. The number of halogens is 1. The highest BCUT2D eigenvalue weighted by Gasteiger charge is 2.27. The number of nitrogens with one attached hydrogen (secondary N) is 1. The summed E-state index contributed by atoms with van der Waals surface area (Å²) in [5, 5.41) is 3.69. The molecule has 0 fully saturated rings. The Morgan fingerprint density at radius 2 is 2.04 bits per heavy atom. The van der Waals surface area contributed by atoms with Crippen molar-refractivity contribution >= 4 is 17.5 Å². The fraction of sp³-hybridized carbons (Fsp3) is 0.350. The Balaban J connectivity index is 1.72. The summed E-state index contributed by atoms with van der Waals surface area (Å²) < 4.78 is 16.4. The molecule has 1 N–H and O–H groups in total. The number of carbonyl (C=O) groups excluding carboxylic acids is 1. The van der Waals surface area contributed by atoms with Gasteiger partial charge in [0.2, 0.25) is 5.91 Å². The molecule has 1 aliphatic rings. The molecule has 1 amide bonds. The number of hydrogen-bond donors (Lipinski definition) is 1. The van der Waals surface area contributed by atoms with E-state index in [1.165, 1.54) is 0 Å². The molecule has 5 nitrogen and oxygen atoms in total. The van der Waals surface area contributed by atoms with E-state index in [4.69, 9.17) is 25.8 Å². The zero-order chi connectivity index (χ0) is 18.7. The number of amides is 1. The summed E-state index contributed by atoms with van der Waals surface area (Å²) in [6.45, 7) is 2.27. The van der Waals surface area contributed by atoms with Crippen LogP contribution in [0.25, 0.3) is 0 Å². The zero-order valence-electron chi connectivity index (χ0n) is 15.0. The van der Waals surface area contributed by atoms with Gasteiger partial charge in [0.05, 0.1) is 26.2 Å². The monoisotopic (exact) mass is 375 g/mol. The first-order chi connectivity index (χ1) is 12.5. The molecule has 2 aromatic rings. The lowest BCUT2D eigenvalue weighted by molar-refractivity contribution is -0.126. The van der Waals surface area contributed by atoms with E-state index in [9.17, 15) is 4.79 Å². The van der Waals surface area contributed by atoms with Crippen molar-refractivity contribution in [2.45, 2.75) is 19.4 Å². The van der Waals surface area contributed by atoms with Gasteiger partial charge in [-0.3, -0.25) is 4.79 Å². The van der Waals surface area contributed by atoms with Crippen LogP contribution >= 0.6 is 11.6 Å². The molecule has 0 unspecified atom stereocenters. The van der Waals surface area contributed by atoms with Crippen molar-refractivity contribution in [2.24, 2.45) is 5.92 Å². The highest BCUT2D eigenvalue weighted by atomic mass is 35.5. The van der Waals surface area contributed by atoms with Crippen molar-refractivity contribution in [1.29, 1.82) is 0 Å². The van der Waals surface area contributed by atoms with Crippen LogP contribution in [0.3, 0.4) is 0 Å². The lowest BCUT2D eigenvalue weighted by Gasteiger charge is -2.26. The second-order valence-corrected chi connectivity index (χ2v) is 6.74. The molecular weight excluding hydrogens is 354 g/mol. The van der Waals surface area contributed by atoms with Crippen LogP contribution < -0.4 is 19.5 Å². The Hall–Kier alpha value is -2.40. The van der Waals surface area contributed by atoms with Crippen molar-refractivity contribution in [1.82, 2.24) is 5.32 Å². The molecule has 2 aromatic carbocycles.